The lowest BCUT2D eigenvalue weighted by Gasteiger charge is -2.32. The van der Waals surface area contributed by atoms with E-state index in [1.807, 2.05) is 36.4 Å². The van der Waals surface area contributed by atoms with E-state index in [9.17, 15) is 13.6 Å². The van der Waals surface area contributed by atoms with E-state index in [-0.39, 0.29) is 18.8 Å². The molecule has 2 aromatic carbocycles. The number of carboxylic acids is 1. The SMILES string of the molecule is O=C(O)CCc1ccc2c(c1)CCN(CC(CC(F)F)c1ccccc1)C2. The van der Waals surface area contributed by atoms with Gasteiger partial charge in [0.2, 0.25) is 6.43 Å². The number of hydrogen-bond acceptors (Lipinski definition) is 2. The minimum atomic E-state index is -2.32. The van der Waals surface area contributed by atoms with Crippen LogP contribution in [-0.4, -0.2) is 35.5 Å². The van der Waals surface area contributed by atoms with Gasteiger partial charge in [-0.2, -0.15) is 0 Å². The summed E-state index contributed by atoms with van der Waals surface area (Å²) in [5, 5.41) is 8.83. The zero-order valence-electron chi connectivity index (χ0n) is 15.3. The second-order valence-electron chi connectivity index (χ2n) is 7.22. The predicted octanol–water partition coefficient (Wildman–Crippen LogP) is 4.50. The van der Waals surface area contributed by atoms with Crippen LogP contribution in [0.3, 0.4) is 0 Å². The molecule has 1 heterocycles. The molecule has 1 aliphatic heterocycles. The molecule has 0 aromatic heterocycles. The molecule has 1 unspecified atom stereocenters. The van der Waals surface area contributed by atoms with Crippen molar-refractivity contribution in [2.45, 2.75) is 44.6 Å². The van der Waals surface area contributed by atoms with E-state index in [4.69, 9.17) is 5.11 Å². The maximum Gasteiger partial charge on any atom is 0.303 e. The first-order valence-electron chi connectivity index (χ1n) is 9.39. The van der Waals surface area contributed by atoms with Crippen LogP contribution in [-0.2, 0) is 24.2 Å². The molecule has 0 radical (unpaired) electrons. The Labute approximate surface area is 158 Å². The van der Waals surface area contributed by atoms with E-state index >= 15 is 0 Å². The summed E-state index contributed by atoms with van der Waals surface area (Å²) in [6.45, 7) is 2.21. The molecule has 144 valence electrons. The highest BCUT2D eigenvalue weighted by Crippen LogP contribution is 2.28. The van der Waals surface area contributed by atoms with Crippen molar-refractivity contribution in [2.75, 3.05) is 13.1 Å². The van der Waals surface area contributed by atoms with Gasteiger partial charge in [0.25, 0.3) is 0 Å². The number of hydrogen-bond donors (Lipinski definition) is 1. The summed E-state index contributed by atoms with van der Waals surface area (Å²) in [7, 11) is 0. The molecule has 0 fully saturated rings. The standard InChI is InChI=1S/C22H25F2NO2/c23-21(24)13-20(17-4-2-1-3-5-17)15-25-11-10-18-12-16(7-9-22(26)27)6-8-19(18)14-25/h1-6,8,12,20-21H,7,9-11,13-15H2,(H,26,27). The van der Waals surface area contributed by atoms with Crippen molar-refractivity contribution in [2.24, 2.45) is 0 Å². The minimum Gasteiger partial charge on any atom is -0.481 e. The van der Waals surface area contributed by atoms with Gasteiger partial charge in [-0.05, 0) is 35.1 Å². The van der Waals surface area contributed by atoms with Gasteiger partial charge in [0, 0.05) is 38.4 Å². The van der Waals surface area contributed by atoms with Crippen molar-refractivity contribution in [3.63, 3.8) is 0 Å². The molecule has 0 saturated heterocycles. The van der Waals surface area contributed by atoms with Crippen LogP contribution in [0.4, 0.5) is 8.78 Å². The van der Waals surface area contributed by atoms with E-state index in [1.54, 1.807) is 0 Å². The van der Waals surface area contributed by atoms with E-state index in [2.05, 4.69) is 17.0 Å². The first kappa shape index (κ1) is 19.5. The van der Waals surface area contributed by atoms with Crippen molar-refractivity contribution in [3.05, 3.63) is 70.8 Å². The van der Waals surface area contributed by atoms with Crippen molar-refractivity contribution in [1.82, 2.24) is 4.90 Å². The third kappa shape index (κ3) is 5.60. The topological polar surface area (TPSA) is 40.5 Å². The molecule has 1 atom stereocenters. The first-order valence-corrected chi connectivity index (χ1v) is 9.39. The number of aliphatic carboxylic acids is 1. The van der Waals surface area contributed by atoms with Gasteiger partial charge in [0.15, 0.2) is 0 Å². The zero-order valence-corrected chi connectivity index (χ0v) is 15.3. The lowest BCUT2D eigenvalue weighted by atomic mass is 9.92. The van der Waals surface area contributed by atoms with Crippen LogP contribution < -0.4 is 0 Å². The van der Waals surface area contributed by atoms with Crippen LogP contribution in [0.1, 0.15) is 41.0 Å². The molecule has 0 aliphatic carbocycles. The highest BCUT2D eigenvalue weighted by Gasteiger charge is 2.23. The Hall–Kier alpha value is -2.27. The lowest BCUT2D eigenvalue weighted by molar-refractivity contribution is -0.136. The smallest absolute Gasteiger partial charge is 0.303 e. The Kier molecular flexibility index (Phi) is 6.56. The van der Waals surface area contributed by atoms with Gasteiger partial charge in [-0.25, -0.2) is 8.78 Å². The highest BCUT2D eigenvalue weighted by molar-refractivity contribution is 5.67. The van der Waals surface area contributed by atoms with Gasteiger partial charge in [-0.15, -0.1) is 0 Å². The number of nitrogens with zero attached hydrogens (tertiary/aromatic N) is 1. The summed E-state index contributed by atoms with van der Waals surface area (Å²) >= 11 is 0. The van der Waals surface area contributed by atoms with Crippen LogP contribution >= 0.6 is 0 Å². The number of benzene rings is 2. The fourth-order valence-corrected chi connectivity index (χ4v) is 3.80. The first-order chi connectivity index (χ1) is 13.0. The third-order valence-corrected chi connectivity index (χ3v) is 5.20. The Balaban J connectivity index is 1.66. The number of carboxylic acid groups (broad SMARTS) is 1. The number of carbonyl (C=O) groups is 1. The summed E-state index contributed by atoms with van der Waals surface area (Å²) < 4.78 is 26.2. The van der Waals surface area contributed by atoms with Gasteiger partial charge in [0.1, 0.15) is 0 Å². The normalized spacial score (nSPS) is 15.5. The Morgan fingerprint density at radius 3 is 2.59 bits per heavy atom. The summed E-state index contributed by atoms with van der Waals surface area (Å²) in [6, 6.07) is 15.7. The summed E-state index contributed by atoms with van der Waals surface area (Å²) in [5.74, 6) is -0.965. The summed E-state index contributed by atoms with van der Waals surface area (Å²) in [5.41, 5.74) is 4.47. The van der Waals surface area contributed by atoms with Crippen molar-refractivity contribution < 1.29 is 18.7 Å². The molecule has 2 aromatic rings. The van der Waals surface area contributed by atoms with Crippen LogP contribution in [0.5, 0.6) is 0 Å². The number of aryl methyl sites for hydroxylation is 1. The van der Waals surface area contributed by atoms with Crippen molar-refractivity contribution >= 4 is 5.97 Å². The molecule has 0 saturated carbocycles. The third-order valence-electron chi connectivity index (χ3n) is 5.20. The van der Waals surface area contributed by atoms with Crippen LogP contribution in [0.15, 0.2) is 48.5 Å². The van der Waals surface area contributed by atoms with Crippen molar-refractivity contribution in [3.8, 4) is 0 Å². The van der Waals surface area contributed by atoms with E-state index in [1.165, 1.54) is 11.1 Å². The molecule has 0 spiro atoms. The quantitative estimate of drug-likeness (QED) is 0.741. The molecule has 3 rings (SSSR count). The highest BCUT2D eigenvalue weighted by atomic mass is 19.3. The maximum atomic E-state index is 13.1. The number of alkyl halides is 2. The van der Waals surface area contributed by atoms with Gasteiger partial charge in [-0.3, -0.25) is 9.69 Å². The van der Waals surface area contributed by atoms with Gasteiger partial charge < -0.3 is 5.11 Å². The second kappa shape index (κ2) is 9.09. The summed E-state index contributed by atoms with van der Waals surface area (Å²) in [6.07, 6.45) is -0.897. The lowest BCUT2D eigenvalue weighted by Crippen LogP contribution is -2.34. The van der Waals surface area contributed by atoms with Crippen LogP contribution in [0, 0.1) is 0 Å². The van der Waals surface area contributed by atoms with E-state index in [0.717, 1.165) is 30.6 Å². The van der Waals surface area contributed by atoms with Crippen LogP contribution in [0.25, 0.3) is 0 Å². The molecule has 0 bridgehead atoms. The minimum absolute atomic E-state index is 0.124. The fraction of sp³-hybridized carbons (Fsp3) is 0.409. The zero-order chi connectivity index (χ0) is 19.2. The number of rotatable bonds is 8. The number of fused-ring (bicyclic) bond motifs is 1. The molecule has 1 N–H and O–H groups in total. The Morgan fingerprint density at radius 1 is 1.11 bits per heavy atom. The molecular formula is C22H25F2NO2. The van der Waals surface area contributed by atoms with Crippen LogP contribution in [0.2, 0.25) is 0 Å². The molecule has 5 heteroatoms. The number of halogens is 2. The average Bonchev–Trinajstić information content (AvgIpc) is 2.66. The molecule has 3 nitrogen and oxygen atoms in total. The molecule has 1 aliphatic rings. The fourth-order valence-electron chi connectivity index (χ4n) is 3.80. The Bertz CT molecular complexity index is 764. The molecular weight excluding hydrogens is 348 g/mol. The monoisotopic (exact) mass is 373 g/mol. The average molecular weight is 373 g/mol. The van der Waals surface area contributed by atoms with E-state index < -0.39 is 12.4 Å². The molecule has 0 amide bonds. The maximum absolute atomic E-state index is 13.1. The summed E-state index contributed by atoms with van der Waals surface area (Å²) in [4.78, 5) is 13.0. The van der Waals surface area contributed by atoms with E-state index in [0.29, 0.717) is 13.0 Å². The largest absolute Gasteiger partial charge is 0.481 e. The van der Waals surface area contributed by atoms with Crippen molar-refractivity contribution in [1.29, 1.82) is 0 Å². The molecule has 27 heavy (non-hydrogen) atoms. The van der Waals surface area contributed by atoms with Gasteiger partial charge in [-0.1, -0.05) is 48.5 Å². The second-order valence-corrected chi connectivity index (χ2v) is 7.22. The predicted molar refractivity (Wildman–Crippen MR) is 101 cm³/mol. The van der Waals surface area contributed by atoms with Gasteiger partial charge >= 0.3 is 5.97 Å². The van der Waals surface area contributed by atoms with Gasteiger partial charge in [0.05, 0.1) is 0 Å². The Morgan fingerprint density at radius 2 is 1.89 bits per heavy atom.